The van der Waals surface area contributed by atoms with Gasteiger partial charge in [-0.1, -0.05) is 29.3 Å². The molecule has 1 aliphatic rings. The zero-order valence-corrected chi connectivity index (χ0v) is 9.84. The first kappa shape index (κ1) is 11.3. The van der Waals surface area contributed by atoms with Crippen molar-refractivity contribution in [1.82, 2.24) is 0 Å². The number of carbonyl (C=O) groups is 1. The zero-order chi connectivity index (χ0) is 11.9. The van der Waals surface area contributed by atoms with Crippen LogP contribution in [-0.2, 0) is 9.53 Å². The van der Waals surface area contributed by atoms with E-state index in [0.717, 1.165) is 0 Å². The molecule has 0 aliphatic carbocycles. The SMILES string of the molecule is CC1=C(O)C(=O)O[C@H]1c1c(Cl)cccc1Cl. The summed E-state index contributed by atoms with van der Waals surface area (Å²) in [6.07, 6.45) is -0.700. The van der Waals surface area contributed by atoms with E-state index in [1.54, 1.807) is 25.1 Å². The molecule has 0 radical (unpaired) electrons. The lowest BCUT2D eigenvalue weighted by atomic mass is 10.0. The van der Waals surface area contributed by atoms with Crippen molar-refractivity contribution >= 4 is 29.2 Å². The van der Waals surface area contributed by atoms with Gasteiger partial charge in [0.2, 0.25) is 5.76 Å². The van der Waals surface area contributed by atoms with E-state index in [0.29, 0.717) is 21.2 Å². The predicted octanol–water partition coefficient (Wildman–Crippen LogP) is 3.42. The summed E-state index contributed by atoms with van der Waals surface area (Å²) in [6.45, 7) is 1.60. The van der Waals surface area contributed by atoms with Crippen molar-refractivity contribution in [1.29, 1.82) is 0 Å². The third-order valence-corrected chi connectivity index (χ3v) is 3.11. The molecule has 1 heterocycles. The van der Waals surface area contributed by atoms with Crippen LogP contribution in [0, 0.1) is 0 Å². The van der Waals surface area contributed by atoms with Gasteiger partial charge in [0.25, 0.3) is 0 Å². The van der Waals surface area contributed by atoms with Gasteiger partial charge in [-0.3, -0.25) is 0 Å². The summed E-state index contributed by atoms with van der Waals surface area (Å²) in [5.41, 5.74) is 0.917. The Balaban J connectivity index is 2.52. The van der Waals surface area contributed by atoms with Crippen LogP contribution in [0.3, 0.4) is 0 Å². The molecule has 0 aromatic heterocycles. The van der Waals surface area contributed by atoms with Crippen LogP contribution in [0.25, 0.3) is 0 Å². The summed E-state index contributed by atoms with van der Waals surface area (Å²) in [4.78, 5) is 11.2. The predicted molar refractivity (Wildman–Crippen MR) is 60.6 cm³/mol. The molecule has 0 saturated heterocycles. The lowest BCUT2D eigenvalue weighted by Gasteiger charge is -2.14. The summed E-state index contributed by atoms with van der Waals surface area (Å²) >= 11 is 12.0. The standard InChI is InChI=1S/C11H8Cl2O3/c1-5-9(14)11(15)16-10(5)8-6(12)3-2-4-7(8)13/h2-4,10,14H,1H3/t10-/m1/s1. The number of esters is 1. The van der Waals surface area contributed by atoms with Gasteiger partial charge in [0.1, 0.15) is 0 Å². The Bertz CT molecular complexity index is 474. The molecule has 1 aromatic carbocycles. The highest BCUT2D eigenvalue weighted by atomic mass is 35.5. The van der Waals surface area contributed by atoms with Crippen molar-refractivity contribution in [2.24, 2.45) is 0 Å². The molecule has 1 aliphatic heterocycles. The second-order valence-corrected chi connectivity index (χ2v) is 4.27. The lowest BCUT2D eigenvalue weighted by Crippen LogP contribution is -2.04. The van der Waals surface area contributed by atoms with E-state index in [2.05, 4.69) is 0 Å². The van der Waals surface area contributed by atoms with Gasteiger partial charge in [-0.2, -0.15) is 0 Å². The smallest absolute Gasteiger partial charge is 0.374 e. The Labute approximate surface area is 102 Å². The second-order valence-electron chi connectivity index (χ2n) is 3.45. The van der Waals surface area contributed by atoms with Crippen molar-refractivity contribution in [3.05, 3.63) is 45.1 Å². The normalized spacial score (nSPS) is 20.2. The number of aliphatic hydroxyl groups excluding tert-OH is 1. The van der Waals surface area contributed by atoms with E-state index >= 15 is 0 Å². The number of rotatable bonds is 1. The van der Waals surface area contributed by atoms with Crippen LogP contribution in [0.15, 0.2) is 29.5 Å². The summed E-state index contributed by atoms with van der Waals surface area (Å²) in [7, 11) is 0. The van der Waals surface area contributed by atoms with Crippen LogP contribution in [0.5, 0.6) is 0 Å². The van der Waals surface area contributed by atoms with Crippen LogP contribution in [0.2, 0.25) is 10.0 Å². The molecule has 16 heavy (non-hydrogen) atoms. The largest absolute Gasteiger partial charge is 0.502 e. The summed E-state index contributed by atoms with van der Waals surface area (Å²) < 4.78 is 5.00. The van der Waals surface area contributed by atoms with Crippen molar-refractivity contribution in [2.75, 3.05) is 0 Å². The first-order valence-electron chi connectivity index (χ1n) is 4.57. The van der Waals surface area contributed by atoms with Gasteiger partial charge in [-0.15, -0.1) is 0 Å². The van der Waals surface area contributed by atoms with Gasteiger partial charge < -0.3 is 9.84 Å². The Hall–Kier alpha value is -1.19. The van der Waals surface area contributed by atoms with Gasteiger partial charge >= 0.3 is 5.97 Å². The molecule has 84 valence electrons. The molecule has 0 spiro atoms. The molecule has 0 amide bonds. The van der Waals surface area contributed by atoms with Crippen molar-refractivity contribution in [2.45, 2.75) is 13.0 Å². The molecular weight excluding hydrogens is 251 g/mol. The maximum Gasteiger partial charge on any atom is 0.374 e. The van der Waals surface area contributed by atoms with Crippen molar-refractivity contribution in [3.63, 3.8) is 0 Å². The highest BCUT2D eigenvalue weighted by molar-refractivity contribution is 6.36. The van der Waals surface area contributed by atoms with Crippen molar-refractivity contribution in [3.8, 4) is 0 Å². The average molecular weight is 259 g/mol. The molecule has 0 fully saturated rings. The van der Waals surface area contributed by atoms with Crippen LogP contribution in [-0.4, -0.2) is 11.1 Å². The van der Waals surface area contributed by atoms with Gasteiger partial charge in [-0.25, -0.2) is 4.79 Å². The molecule has 0 bridgehead atoms. The van der Waals surface area contributed by atoms with Crippen LogP contribution < -0.4 is 0 Å². The summed E-state index contributed by atoms with van der Waals surface area (Å²) in [5.74, 6) is -1.13. The third-order valence-electron chi connectivity index (χ3n) is 2.45. The minimum Gasteiger partial charge on any atom is -0.502 e. The molecule has 5 heteroatoms. The molecule has 1 atom stereocenters. The number of carbonyl (C=O) groups excluding carboxylic acids is 1. The maximum absolute atomic E-state index is 11.2. The number of halogens is 2. The van der Waals surface area contributed by atoms with Gasteiger partial charge in [0.05, 0.1) is 0 Å². The van der Waals surface area contributed by atoms with E-state index in [4.69, 9.17) is 27.9 Å². The quantitative estimate of drug-likeness (QED) is 0.786. The van der Waals surface area contributed by atoms with E-state index in [9.17, 15) is 9.90 Å². The number of ether oxygens (including phenoxy) is 1. The molecule has 3 nitrogen and oxygen atoms in total. The number of hydrogen-bond donors (Lipinski definition) is 1. The first-order chi connectivity index (χ1) is 7.52. The van der Waals surface area contributed by atoms with Gasteiger partial charge in [-0.05, 0) is 19.1 Å². The Morgan fingerprint density at radius 1 is 1.31 bits per heavy atom. The Kier molecular flexibility index (Phi) is 2.82. The van der Waals surface area contributed by atoms with E-state index in [1.165, 1.54) is 0 Å². The second kappa shape index (κ2) is 4.00. The fraction of sp³-hybridized carbons (Fsp3) is 0.182. The molecule has 2 rings (SSSR count). The molecule has 0 unspecified atom stereocenters. The van der Waals surface area contributed by atoms with E-state index < -0.39 is 12.1 Å². The number of hydrogen-bond acceptors (Lipinski definition) is 3. The Morgan fingerprint density at radius 2 is 1.88 bits per heavy atom. The first-order valence-corrected chi connectivity index (χ1v) is 5.32. The average Bonchev–Trinajstić information content (AvgIpc) is 2.47. The van der Waals surface area contributed by atoms with Gasteiger partial charge in [0.15, 0.2) is 6.10 Å². The minimum absolute atomic E-state index is 0.374. The molecule has 1 aromatic rings. The number of cyclic esters (lactones) is 1. The van der Waals surface area contributed by atoms with Crippen molar-refractivity contribution < 1.29 is 14.6 Å². The van der Waals surface area contributed by atoms with E-state index in [-0.39, 0.29) is 5.76 Å². The van der Waals surface area contributed by atoms with Crippen LogP contribution in [0.1, 0.15) is 18.6 Å². The van der Waals surface area contributed by atoms with Crippen LogP contribution in [0.4, 0.5) is 0 Å². The van der Waals surface area contributed by atoms with Crippen LogP contribution >= 0.6 is 23.2 Å². The summed E-state index contributed by atoms with van der Waals surface area (Å²) in [5, 5.41) is 10.2. The molecule has 0 saturated carbocycles. The monoisotopic (exact) mass is 258 g/mol. The number of aliphatic hydroxyl groups is 1. The highest BCUT2D eigenvalue weighted by Gasteiger charge is 2.34. The fourth-order valence-electron chi connectivity index (χ4n) is 1.57. The highest BCUT2D eigenvalue weighted by Crippen LogP contribution is 2.40. The maximum atomic E-state index is 11.2. The Morgan fingerprint density at radius 3 is 2.31 bits per heavy atom. The third kappa shape index (κ3) is 1.66. The molecular formula is C11H8Cl2O3. The summed E-state index contributed by atoms with van der Waals surface area (Å²) in [6, 6.07) is 5.00. The topological polar surface area (TPSA) is 46.5 Å². The fourth-order valence-corrected chi connectivity index (χ4v) is 2.17. The lowest BCUT2D eigenvalue weighted by molar-refractivity contribution is -0.142. The molecule has 1 N–H and O–H groups in total. The number of benzene rings is 1. The van der Waals surface area contributed by atoms with E-state index in [1.807, 2.05) is 0 Å². The zero-order valence-electron chi connectivity index (χ0n) is 8.33. The minimum atomic E-state index is -0.751. The van der Waals surface area contributed by atoms with Gasteiger partial charge in [0, 0.05) is 21.2 Å².